The van der Waals surface area contributed by atoms with Gasteiger partial charge in [-0.1, -0.05) is 26.7 Å². The van der Waals surface area contributed by atoms with Gasteiger partial charge in [0.05, 0.1) is 5.75 Å². The van der Waals surface area contributed by atoms with Crippen LogP contribution in [0.5, 0.6) is 0 Å². The Labute approximate surface area is 123 Å². The molecule has 20 heavy (non-hydrogen) atoms. The first kappa shape index (κ1) is 17.3. The maximum atomic E-state index is 12.2. The molecule has 1 aliphatic rings. The van der Waals surface area contributed by atoms with Crippen molar-refractivity contribution in [3.8, 4) is 0 Å². The summed E-state index contributed by atoms with van der Waals surface area (Å²) in [5.74, 6) is 0.791. The largest absolute Gasteiger partial charge is 0.335 e. The molecule has 0 aromatic heterocycles. The van der Waals surface area contributed by atoms with Crippen molar-refractivity contribution < 1.29 is 13.2 Å². The summed E-state index contributed by atoms with van der Waals surface area (Å²) in [5.41, 5.74) is 0. The van der Waals surface area contributed by atoms with Crippen molar-refractivity contribution in [1.82, 2.24) is 10.2 Å². The molecular formula is C14H28N2O3S. The summed E-state index contributed by atoms with van der Waals surface area (Å²) in [7, 11) is -1.40. The van der Waals surface area contributed by atoms with E-state index in [1.807, 2.05) is 0 Å². The Balaban J connectivity index is 2.49. The van der Waals surface area contributed by atoms with Crippen LogP contribution in [0.25, 0.3) is 0 Å². The molecule has 5 nitrogen and oxygen atoms in total. The van der Waals surface area contributed by atoms with Gasteiger partial charge in [0.2, 0.25) is 0 Å². The van der Waals surface area contributed by atoms with Crippen molar-refractivity contribution >= 4 is 15.9 Å². The molecule has 0 heterocycles. The van der Waals surface area contributed by atoms with Crippen LogP contribution in [0.1, 0.15) is 46.5 Å². The van der Waals surface area contributed by atoms with Gasteiger partial charge in [-0.15, -0.1) is 0 Å². The van der Waals surface area contributed by atoms with Crippen LogP contribution >= 0.6 is 0 Å². The highest BCUT2D eigenvalue weighted by Crippen LogP contribution is 2.23. The van der Waals surface area contributed by atoms with E-state index in [4.69, 9.17) is 0 Å². The fourth-order valence-electron chi connectivity index (χ4n) is 2.64. The number of rotatable bonds is 5. The molecule has 2 amide bonds. The molecule has 3 atom stereocenters. The van der Waals surface area contributed by atoms with Crippen LogP contribution in [0.2, 0.25) is 0 Å². The molecule has 1 aliphatic carbocycles. The Morgan fingerprint density at radius 2 is 2.05 bits per heavy atom. The van der Waals surface area contributed by atoms with Crippen LogP contribution in [0, 0.1) is 5.92 Å². The van der Waals surface area contributed by atoms with Gasteiger partial charge in [-0.25, -0.2) is 13.2 Å². The number of amides is 2. The van der Waals surface area contributed by atoms with Gasteiger partial charge in [-0.2, -0.15) is 0 Å². The van der Waals surface area contributed by atoms with Crippen LogP contribution in [0.15, 0.2) is 0 Å². The van der Waals surface area contributed by atoms with Crippen LogP contribution in [0.4, 0.5) is 4.79 Å². The van der Waals surface area contributed by atoms with E-state index in [0.717, 1.165) is 19.3 Å². The quantitative estimate of drug-likeness (QED) is 0.845. The molecule has 0 aromatic carbocycles. The zero-order valence-electron chi connectivity index (χ0n) is 13.1. The molecule has 0 unspecified atom stereocenters. The maximum Gasteiger partial charge on any atom is 0.317 e. The Hall–Kier alpha value is -0.780. The lowest BCUT2D eigenvalue weighted by atomic mass is 9.87. The third kappa shape index (κ3) is 5.31. The summed E-state index contributed by atoms with van der Waals surface area (Å²) in [4.78, 5) is 13.7. The van der Waals surface area contributed by atoms with E-state index in [1.165, 1.54) is 11.3 Å². The average Bonchev–Trinajstić information content (AvgIpc) is 2.37. The second kappa shape index (κ2) is 7.29. The SMILES string of the molecule is CCS(=O)(=O)C[C@H](C)N(C)C(=O)N[C@H]1CCC[C@@H](C)C1. The molecule has 1 rings (SSSR count). The van der Waals surface area contributed by atoms with Crippen molar-refractivity contribution in [2.75, 3.05) is 18.6 Å². The summed E-state index contributed by atoms with van der Waals surface area (Å²) in [5, 5.41) is 3.03. The number of carbonyl (C=O) groups is 1. The lowest BCUT2D eigenvalue weighted by Crippen LogP contribution is -2.49. The van der Waals surface area contributed by atoms with Crippen molar-refractivity contribution in [2.45, 2.75) is 58.5 Å². The molecular weight excluding hydrogens is 276 g/mol. The fraction of sp³-hybridized carbons (Fsp3) is 0.929. The predicted molar refractivity (Wildman–Crippen MR) is 81.5 cm³/mol. The first-order valence-electron chi connectivity index (χ1n) is 7.49. The van der Waals surface area contributed by atoms with Gasteiger partial charge in [0.25, 0.3) is 0 Å². The third-order valence-electron chi connectivity index (χ3n) is 4.18. The molecule has 0 saturated heterocycles. The topological polar surface area (TPSA) is 66.5 Å². The summed E-state index contributed by atoms with van der Waals surface area (Å²) >= 11 is 0. The van der Waals surface area contributed by atoms with E-state index in [2.05, 4.69) is 12.2 Å². The number of nitrogens with one attached hydrogen (secondary N) is 1. The van der Waals surface area contributed by atoms with E-state index >= 15 is 0 Å². The number of hydrogen-bond donors (Lipinski definition) is 1. The summed E-state index contributed by atoms with van der Waals surface area (Å²) in [6.07, 6.45) is 4.41. The number of carbonyl (C=O) groups excluding carboxylic acids is 1. The van der Waals surface area contributed by atoms with E-state index in [0.29, 0.717) is 5.92 Å². The molecule has 6 heteroatoms. The lowest BCUT2D eigenvalue weighted by molar-refractivity contribution is 0.187. The van der Waals surface area contributed by atoms with Crippen LogP contribution in [0.3, 0.4) is 0 Å². The Morgan fingerprint density at radius 1 is 1.40 bits per heavy atom. The standard InChI is InChI=1S/C14H28N2O3S/c1-5-20(18,19)10-12(3)16(4)14(17)15-13-8-6-7-11(2)9-13/h11-13H,5-10H2,1-4H3,(H,15,17)/t11-,12+,13+/m1/s1. The number of nitrogens with zero attached hydrogens (tertiary/aromatic N) is 1. The maximum absolute atomic E-state index is 12.2. The van der Waals surface area contributed by atoms with Crippen molar-refractivity contribution in [3.63, 3.8) is 0 Å². The predicted octanol–water partition coefficient (Wildman–Crippen LogP) is 2.03. The second-order valence-corrected chi connectivity index (χ2v) is 8.47. The van der Waals surface area contributed by atoms with Crippen LogP contribution in [-0.4, -0.2) is 50.0 Å². The summed E-state index contributed by atoms with van der Waals surface area (Å²) < 4.78 is 23.2. The highest BCUT2D eigenvalue weighted by molar-refractivity contribution is 7.91. The minimum atomic E-state index is -3.06. The molecule has 0 aliphatic heterocycles. The Morgan fingerprint density at radius 3 is 2.60 bits per heavy atom. The third-order valence-corrected chi connectivity index (χ3v) is 6.05. The molecule has 118 valence electrons. The van der Waals surface area contributed by atoms with Crippen molar-refractivity contribution in [1.29, 1.82) is 0 Å². The highest BCUT2D eigenvalue weighted by atomic mass is 32.2. The molecule has 1 saturated carbocycles. The molecule has 1 fully saturated rings. The average molecular weight is 304 g/mol. The highest BCUT2D eigenvalue weighted by Gasteiger charge is 2.25. The van der Waals surface area contributed by atoms with Gasteiger partial charge in [0, 0.05) is 24.9 Å². The summed E-state index contributed by atoms with van der Waals surface area (Å²) in [6, 6.07) is -0.243. The normalized spacial score (nSPS) is 25.0. The fourth-order valence-corrected chi connectivity index (χ4v) is 3.83. The van der Waals surface area contributed by atoms with E-state index in [9.17, 15) is 13.2 Å². The smallest absolute Gasteiger partial charge is 0.317 e. The second-order valence-electron chi connectivity index (χ2n) is 6.08. The monoisotopic (exact) mass is 304 g/mol. The molecule has 0 aromatic rings. The molecule has 0 radical (unpaired) electrons. The molecule has 1 N–H and O–H groups in total. The van der Waals surface area contributed by atoms with Gasteiger partial charge in [-0.3, -0.25) is 0 Å². The number of hydrogen-bond acceptors (Lipinski definition) is 3. The Kier molecular flexibility index (Phi) is 6.30. The van der Waals surface area contributed by atoms with Gasteiger partial charge in [0.1, 0.15) is 0 Å². The van der Waals surface area contributed by atoms with E-state index in [1.54, 1.807) is 20.9 Å². The first-order valence-corrected chi connectivity index (χ1v) is 9.31. The zero-order valence-corrected chi connectivity index (χ0v) is 13.9. The number of urea groups is 1. The Bertz CT molecular complexity index is 422. The van der Waals surface area contributed by atoms with Crippen LogP contribution < -0.4 is 5.32 Å². The van der Waals surface area contributed by atoms with Crippen molar-refractivity contribution in [3.05, 3.63) is 0 Å². The van der Waals surface area contributed by atoms with Gasteiger partial charge < -0.3 is 10.2 Å². The van der Waals surface area contributed by atoms with Gasteiger partial charge >= 0.3 is 6.03 Å². The van der Waals surface area contributed by atoms with E-state index in [-0.39, 0.29) is 29.6 Å². The van der Waals surface area contributed by atoms with Crippen molar-refractivity contribution in [2.24, 2.45) is 5.92 Å². The lowest BCUT2D eigenvalue weighted by Gasteiger charge is -2.31. The van der Waals surface area contributed by atoms with E-state index < -0.39 is 9.84 Å². The van der Waals surface area contributed by atoms with Crippen LogP contribution in [-0.2, 0) is 9.84 Å². The zero-order chi connectivity index (χ0) is 15.3. The number of sulfone groups is 1. The summed E-state index contributed by atoms with van der Waals surface area (Å²) in [6.45, 7) is 5.61. The first-order chi connectivity index (χ1) is 9.25. The van der Waals surface area contributed by atoms with Gasteiger partial charge in [0.15, 0.2) is 9.84 Å². The minimum Gasteiger partial charge on any atom is -0.335 e. The minimum absolute atomic E-state index is 0.0223. The van der Waals surface area contributed by atoms with Gasteiger partial charge in [-0.05, 0) is 25.7 Å². The molecule has 0 spiro atoms. The molecule has 0 bridgehead atoms.